The molecule has 1 aromatic heterocycles. The Morgan fingerprint density at radius 3 is 2.78 bits per heavy atom. The Hall–Kier alpha value is -2.95. The molecule has 1 N–H and O–H groups in total. The lowest BCUT2D eigenvalue weighted by atomic mass is 10.0. The predicted octanol–water partition coefficient (Wildman–Crippen LogP) is 3.99. The van der Waals surface area contributed by atoms with Crippen molar-refractivity contribution in [1.82, 2.24) is 14.9 Å². The minimum Gasteiger partial charge on any atom is -0.367 e. The van der Waals surface area contributed by atoms with Crippen LogP contribution < -0.4 is 5.32 Å². The fourth-order valence-electron chi connectivity index (χ4n) is 3.71. The Balaban J connectivity index is 1.47. The van der Waals surface area contributed by atoms with Crippen LogP contribution in [-0.4, -0.2) is 33.4 Å². The van der Waals surface area contributed by atoms with Crippen molar-refractivity contribution < 1.29 is 4.79 Å². The van der Waals surface area contributed by atoms with E-state index in [1.165, 1.54) is 18.4 Å². The predicted molar refractivity (Wildman–Crippen MR) is 106 cm³/mol. The standard InChI is InChI=1S/C22H22N4O/c27-21-5-2-10-26(21)13-15-3-1-4-16(11-15)17-6-9-20-19(12-17)22(24-14-23-20)25-18-7-8-18/h1,3-4,6,9,11-12,14,18H,2,5,7-8,10,13H2,(H,23,24,25). The summed E-state index contributed by atoms with van der Waals surface area (Å²) < 4.78 is 0. The summed E-state index contributed by atoms with van der Waals surface area (Å²) in [6, 6.07) is 15.4. The van der Waals surface area contributed by atoms with Crippen LogP contribution in [-0.2, 0) is 11.3 Å². The lowest BCUT2D eigenvalue weighted by Gasteiger charge is -2.16. The molecule has 1 aliphatic heterocycles. The third-order valence-corrected chi connectivity index (χ3v) is 5.36. The number of anilines is 1. The number of rotatable bonds is 5. The molecule has 0 bridgehead atoms. The molecular weight excluding hydrogens is 336 g/mol. The third kappa shape index (κ3) is 3.37. The molecule has 0 unspecified atom stereocenters. The molecular formula is C22H22N4O. The molecule has 3 aromatic rings. The van der Waals surface area contributed by atoms with Crippen LogP contribution in [0.25, 0.3) is 22.0 Å². The van der Waals surface area contributed by atoms with Crippen molar-refractivity contribution in [1.29, 1.82) is 0 Å². The summed E-state index contributed by atoms with van der Waals surface area (Å²) in [5, 5.41) is 4.56. The molecule has 2 fully saturated rings. The van der Waals surface area contributed by atoms with Gasteiger partial charge in [0.25, 0.3) is 0 Å². The van der Waals surface area contributed by atoms with Gasteiger partial charge >= 0.3 is 0 Å². The van der Waals surface area contributed by atoms with E-state index < -0.39 is 0 Å². The van der Waals surface area contributed by atoms with E-state index in [1.807, 2.05) is 4.90 Å². The first-order valence-corrected chi connectivity index (χ1v) is 9.65. The highest BCUT2D eigenvalue weighted by Gasteiger charge is 2.22. The van der Waals surface area contributed by atoms with Crippen LogP contribution in [0.1, 0.15) is 31.2 Å². The number of benzene rings is 2. The second kappa shape index (κ2) is 6.65. The van der Waals surface area contributed by atoms with E-state index in [2.05, 4.69) is 57.7 Å². The maximum absolute atomic E-state index is 11.9. The van der Waals surface area contributed by atoms with Gasteiger partial charge in [-0.2, -0.15) is 0 Å². The zero-order valence-electron chi connectivity index (χ0n) is 15.2. The van der Waals surface area contributed by atoms with E-state index in [0.717, 1.165) is 40.8 Å². The van der Waals surface area contributed by atoms with Crippen molar-refractivity contribution in [2.75, 3.05) is 11.9 Å². The molecule has 1 saturated carbocycles. The average molecular weight is 358 g/mol. The number of likely N-dealkylation sites (tertiary alicyclic amines) is 1. The molecule has 2 aliphatic rings. The largest absolute Gasteiger partial charge is 0.367 e. The van der Waals surface area contributed by atoms with Gasteiger partial charge in [0.15, 0.2) is 0 Å². The highest BCUT2D eigenvalue weighted by Crippen LogP contribution is 2.31. The minimum absolute atomic E-state index is 0.263. The number of hydrogen-bond acceptors (Lipinski definition) is 4. The number of amides is 1. The quantitative estimate of drug-likeness (QED) is 0.749. The van der Waals surface area contributed by atoms with Crippen molar-refractivity contribution in [3.8, 4) is 11.1 Å². The molecule has 5 rings (SSSR count). The van der Waals surface area contributed by atoms with Crippen molar-refractivity contribution >= 4 is 22.6 Å². The Morgan fingerprint density at radius 2 is 1.96 bits per heavy atom. The third-order valence-electron chi connectivity index (χ3n) is 5.36. The first-order chi connectivity index (χ1) is 13.3. The fourth-order valence-corrected chi connectivity index (χ4v) is 3.71. The Bertz CT molecular complexity index is 1010. The molecule has 1 saturated heterocycles. The molecule has 1 aliphatic carbocycles. The Labute approximate surface area is 158 Å². The first kappa shape index (κ1) is 16.2. The number of aromatic nitrogens is 2. The fraction of sp³-hybridized carbons (Fsp3) is 0.318. The van der Waals surface area contributed by atoms with Crippen molar-refractivity contribution in [2.45, 2.75) is 38.3 Å². The number of nitrogens with zero attached hydrogens (tertiary/aromatic N) is 3. The van der Waals surface area contributed by atoms with Gasteiger partial charge in [0.2, 0.25) is 5.91 Å². The van der Waals surface area contributed by atoms with Gasteiger partial charge in [0.1, 0.15) is 12.1 Å². The number of carbonyl (C=O) groups is 1. The summed E-state index contributed by atoms with van der Waals surface area (Å²) in [5.41, 5.74) is 4.42. The molecule has 0 radical (unpaired) electrons. The Morgan fingerprint density at radius 1 is 1.07 bits per heavy atom. The van der Waals surface area contributed by atoms with E-state index in [1.54, 1.807) is 6.33 Å². The summed E-state index contributed by atoms with van der Waals surface area (Å²) >= 11 is 0. The molecule has 0 spiro atoms. The van der Waals surface area contributed by atoms with Gasteiger partial charge < -0.3 is 10.2 Å². The van der Waals surface area contributed by atoms with Crippen molar-refractivity contribution in [3.05, 3.63) is 54.4 Å². The highest BCUT2D eigenvalue weighted by atomic mass is 16.2. The van der Waals surface area contributed by atoms with E-state index in [-0.39, 0.29) is 5.91 Å². The van der Waals surface area contributed by atoms with Crippen LogP contribution in [0.2, 0.25) is 0 Å². The van der Waals surface area contributed by atoms with E-state index in [4.69, 9.17) is 0 Å². The SMILES string of the molecule is O=C1CCCN1Cc1cccc(-c2ccc3ncnc(NC4CC4)c3c2)c1. The monoisotopic (exact) mass is 358 g/mol. The number of carbonyl (C=O) groups excluding carboxylic acids is 1. The maximum Gasteiger partial charge on any atom is 0.222 e. The molecule has 0 atom stereocenters. The number of fused-ring (bicyclic) bond motifs is 1. The molecule has 5 heteroatoms. The average Bonchev–Trinajstić information content (AvgIpc) is 3.43. The van der Waals surface area contributed by atoms with E-state index >= 15 is 0 Å². The lowest BCUT2D eigenvalue weighted by molar-refractivity contribution is -0.128. The molecule has 5 nitrogen and oxygen atoms in total. The second-order valence-corrected chi connectivity index (χ2v) is 7.49. The molecule has 2 aromatic carbocycles. The zero-order valence-corrected chi connectivity index (χ0v) is 15.2. The van der Waals surface area contributed by atoms with Gasteiger partial charge in [-0.1, -0.05) is 24.3 Å². The first-order valence-electron chi connectivity index (χ1n) is 9.65. The number of hydrogen-bond donors (Lipinski definition) is 1. The van der Waals surface area contributed by atoms with Gasteiger partial charge in [-0.15, -0.1) is 0 Å². The van der Waals surface area contributed by atoms with Crippen LogP contribution >= 0.6 is 0 Å². The zero-order chi connectivity index (χ0) is 18.2. The van der Waals surface area contributed by atoms with Crippen LogP contribution in [0.4, 0.5) is 5.82 Å². The summed E-state index contributed by atoms with van der Waals surface area (Å²) in [7, 11) is 0. The van der Waals surface area contributed by atoms with Crippen LogP contribution in [0.5, 0.6) is 0 Å². The topological polar surface area (TPSA) is 58.1 Å². The van der Waals surface area contributed by atoms with E-state index in [0.29, 0.717) is 19.0 Å². The van der Waals surface area contributed by atoms with Gasteiger partial charge in [-0.05, 0) is 54.2 Å². The molecule has 2 heterocycles. The molecule has 1 amide bonds. The summed E-state index contributed by atoms with van der Waals surface area (Å²) in [6.07, 6.45) is 5.70. The highest BCUT2D eigenvalue weighted by molar-refractivity contribution is 5.92. The maximum atomic E-state index is 11.9. The summed E-state index contributed by atoms with van der Waals surface area (Å²) in [4.78, 5) is 22.7. The Kier molecular flexibility index (Phi) is 4.00. The number of nitrogens with one attached hydrogen (secondary N) is 1. The summed E-state index contributed by atoms with van der Waals surface area (Å²) in [5.74, 6) is 1.18. The van der Waals surface area contributed by atoms with Gasteiger partial charge in [0.05, 0.1) is 5.52 Å². The van der Waals surface area contributed by atoms with Crippen LogP contribution in [0, 0.1) is 0 Å². The lowest BCUT2D eigenvalue weighted by Crippen LogP contribution is -2.23. The minimum atomic E-state index is 0.263. The van der Waals surface area contributed by atoms with E-state index in [9.17, 15) is 4.79 Å². The van der Waals surface area contributed by atoms with Gasteiger partial charge in [0, 0.05) is 30.9 Å². The molecule has 27 heavy (non-hydrogen) atoms. The van der Waals surface area contributed by atoms with Gasteiger partial charge in [-0.25, -0.2) is 9.97 Å². The van der Waals surface area contributed by atoms with Crippen molar-refractivity contribution in [3.63, 3.8) is 0 Å². The normalized spacial score (nSPS) is 16.9. The smallest absolute Gasteiger partial charge is 0.222 e. The van der Waals surface area contributed by atoms with Crippen LogP contribution in [0.15, 0.2) is 48.8 Å². The van der Waals surface area contributed by atoms with Crippen molar-refractivity contribution in [2.24, 2.45) is 0 Å². The van der Waals surface area contributed by atoms with Gasteiger partial charge in [-0.3, -0.25) is 4.79 Å². The summed E-state index contributed by atoms with van der Waals surface area (Å²) in [6.45, 7) is 1.56. The van der Waals surface area contributed by atoms with Crippen LogP contribution in [0.3, 0.4) is 0 Å². The second-order valence-electron chi connectivity index (χ2n) is 7.49. The molecule has 136 valence electrons.